The second-order valence-electron chi connectivity index (χ2n) is 4.94. The quantitative estimate of drug-likeness (QED) is 0.573. The molecule has 22 heavy (non-hydrogen) atoms. The standard InChI is InChI=1S/C19H20O2S/c1-2-3-14-22-18(19(20)21)17(15-10-6-4-7-11-15)16-12-8-5-9-13-16/h4-13H,2-3,14H2,1H3,(H,20,21). The summed E-state index contributed by atoms with van der Waals surface area (Å²) in [5.74, 6) is -0.0368. The minimum atomic E-state index is -0.858. The van der Waals surface area contributed by atoms with Crippen LogP contribution in [0.15, 0.2) is 65.6 Å². The van der Waals surface area contributed by atoms with Gasteiger partial charge in [-0.25, -0.2) is 4.79 Å². The zero-order valence-electron chi connectivity index (χ0n) is 12.7. The predicted octanol–water partition coefficient (Wildman–Crippen LogP) is 5.06. The summed E-state index contributed by atoms with van der Waals surface area (Å²) >= 11 is 1.43. The van der Waals surface area contributed by atoms with E-state index in [1.165, 1.54) is 11.8 Å². The Hall–Kier alpha value is -2.00. The number of carbonyl (C=O) groups is 1. The minimum Gasteiger partial charge on any atom is -0.477 e. The maximum absolute atomic E-state index is 11.8. The topological polar surface area (TPSA) is 37.3 Å². The number of unbranched alkanes of at least 4 members (excludes halogenated alkanes) is 1. The highest BCUT2D eigenvalue weighted by molar-refractivity contribution is 8.04. The van der Waals surface area contributed by atoms with E-state index in [1.54, 1.807) is 0 Å². The van der Waals surface area contributed by atoms with Gasteiger partial charge in [-0.15, -0.1) is 11.8 Å². The van der Waals surface area contributed by atoms with Crippen molar-refractivity contribution in [2.75, 3.05) is 5.75 Å². The molecule has 0 spiro atoms. The Kier molecular flexibility index (Phi) is 6.28. The van der Waals surface area contributed by atoms with E-state index in [2.05, 4.69) is 6.92 Å². The monoisotopic (exact) mass is 312 g/mol. The fourth-order valence-corrected chi connectivity index (χ4v) is 3.34. The Morgan fingerprint density at radius 3 is 1.86 bits per heavy atom. The third-order valence-corrected chi connectivity index (χ3v) is 4.45. The summed E-state index contributed by atoms with van der Waals surface area (Å²) in [7, 11) is 0. The lowest BCUT2D eigenvalue weighted by molar-refractivity contribution is -0.131. The molecule has 3 heteroatoms. The summed E-state index contributed by atoms with van der Waals surface area (Å²) < 4.78 is 0. The molecule has 0 fully saturated rings. The van der Waals surface area contributed by atoms with E-state index in [1.807, 2.05) is 60.7 Å². The summed E-state index contributed by atoms with van der Waals surface area (Å²) in [5.41, 5.74) is 2.68. The van der Waals surface area contributed by atoms with Crippen LogP contribution in [-0.2, 0) is 4.79 Å². The number of carboxylic acid groups (broad SMARTS) is 1. The van der Waals surface area contributed by atoms with Gasteiger partial charge in [0.15, 0.2) is 0 Å². The number of hydrogen-bond acceptors (Lipinski definition) is 2. The van der Waals surface area contributed by atoms with E-state index in [0.717, 1.165) is 35.3 Å². The van der Waals surface area contributed by atoms with Crippen molar-refractivity contribution >= 4 is 23.3 Å². The molecular weight excluding hydrogens is 292 g/mol. The van der Waals surface area contributed by atoms with E-state index in [9.17, 15) is 9.90 Å². The van der Waals surface area contributed by atoms with Crippen molar-refractivity contribution < 1.29 is 9.90 Å². The molecule has 2 rings (SSSR count). The minimum absolute atomic E-state index is 0.422. The van der Waals surface area contributed by atoms with Gasteiger partial charge < -0.3 is 5.11 Å². The van der Waals surface area contributed by atoms with Crippen LogP contribution in [0, 0.1) is 0 Å². The van der Waals surface area contributed by atoms with Crippen molar-refractivity contribution in [3.63, 3.8) is 0 Å². The first-order chi connectivity index (χ1) is 10.7. The molecule has 1 N–H and O–H groups in total. The largest absolute Gasteiger partial charge is 0.477 e. The van der Waals surface area contributed by atoms with Gasteiger partial charge in [-0.1, -0.05) is 74.0 Å². The summed E-state index contributed by atoms with van der Waals surface area (Å²) in [6.45, 7) is 2.11. The number of hydrogen-bond donors (Lipinski definition) is 1. The van der Waals surface area contributed by atoms with Gasteiger partial charge in [0.05, 0.1) is 0 Å². The molecule has 2 nitrogen and oxygen atoms in total. The van der Waals surface area contributed by atoms with Gasteiger partial charge in [-0.2, -0.15) is 0 Å². The van der Waals surface area contributed by atoms with Gasteiger partial charge in [-0.3, -0.25) is 0 Å². The highest BCUT2D eigenvalue weighted by Gasteiger charge is 2.18. The van der Waals surface area contributed by atoms with Crippen LogP contribution in [-0.4, -0.2) is 16.8 Å². The number of carboxylic acids is 1. The van der Waals surface area contributed by atoms with Gasteiger partial charge >= 0.3 is 5.97 Å². The second kappa shape index (κ2) is 8.44. The van der Waals surface area contributed by atoms with Crippen LogP contribution in [0.2, 0.25) is 0 Å². The lowest BCUT2D eigenvalue weighted by Gasteiger charge is -2.13. The zero-order valence-corrected chi connectivity index (χ0v) is 13.5. The maximum Gasteiger partial charge on any atom is 0.342 e. The molecule has 0 aliphatic carbocycles. The molecule has 0 atom stereocenters. The molecule has 0 saturated carbocycles. The molecule has 0 saturated heterocycles. The van der Waals surface area contributed by atoms with Crippen molar-refractivity contribution in [2.45, 2.75) is 19.8 Å². The van der Waals surface area contributed by atoms with E-state index in [0.29, 0.717) is 4.91 Å². The third kappa shape index (κ3) is 4.25. The average molecular weight is 312 g/mol. The summed E-state index contributed by atoms with van der Waals surface area (Å²) in [6, 6.07) is 19.5. The molecule has 0 unspecified atom stereocenters. The van der Waals surface area contributed by atoms with Gasteiger partial charge in [0.25, 0.3) is 0 Å². The number of thioether (sulfide) groups is 1. The van der Waals surface area contributed by atoms with Crippen LogP contribution in [0.4, 0.5) is 0 Å². The highest BCUT2D eigenvalue weighted by atomic mass is 32.2. The van der Waals surface area contributed by atoms with Crippen molar-refractivity contribution in [1.82, 2.24) is 0 Å². The summed E-state index contributed by atoms with van der Waals surface area (Å²) in [5, 5.41) is 9.69. The van der Waals surface area contributed by atoms with Crippen LogP contribution >= 0.6 is 11.8 Å². The Labute approximate surface area is 135 Å². The van der Waals surface area contributed by atoms with Crippen molar-refractivity contribution in [3.05, 3.63) is 76.7 Å². The Morgan fingerprint density at radius 2 is 1.45 bits per heavy atom. The molecule has 114 valence electrons. The van der Waals surface area contributed by atoms with E-state index >= 15 is 0 Å². The first-order valence-corrected chi connectivity index (χ1v) is 8.43. The molecule has 0 heterocycles. The number of aliphatic carboxylic acids is 1. The second-order valence-corrected chi connectivity index (χ2v) is 6.05. The smallest absolute Gasteiger partial charge is 0.342 e. The van der Waals surface area contributed by atoms with E-state index in [-0.39, 0.29) is 0 Å². The highest BCUT2D eigenvalue weighted by Crippen LogP contribution is 2.33. The number of rotatable bonds is 7. The lowest BCUT2D eigenvalue weighted by Crippen LogP contribution is -2.03. The molecule has 0 aliphatic heterocycles. The predicted molar refractivity (Wildman–Crippen MR) is 93.9 cm³/mol. The lowest BCUT2D eigenvalue weighted by atomic mass is 9.97. The van der Waals surface area contributed by atoms with Crippen LogP contribution in [0.1, 0.15) is 30.9 Å². The first kappa shape index (κ1) is 16.4. The Bertz CT molecular complexity index is 591. The molecule has 0 aliphatic rings. The van der Waals surface area contributed by atoms with Crippen LogP contribution in [0.5, 0.6) is 0 Å². The third-order valence-electron chi connectivity index (χ3n) is 3.29. The van der Waals surface area contributed by atoms with Gasteiger partial charge in [0.2, 0.25) is 0 Å². The molecular formula is C19H20O2S. The van der Waals surface area contributed by atoms with Crippen LogP contribution in [0.3, 0.4) is 0 Å². The van der Waals surface area contributed by atoms with Crippen molar-refractivity contribution in [1.29, 1.82) is 0 Å². The summed E-state index contributed by atoms with van der Waals surface area (Å²) in [6.07, 6.45) is 2.07. The molecule has 0 bridgehead atoms. The van der Waals surface area contributed by atoms with Gasteiger partial charge in [0.1, 0.15) is 4.91 Å². The van der Waals surface area contributed by atoms with Crippen LogP contribution in [0.25, 0.3) is 5.57 Å². The van der Waals surface area contributed by atoms with Crippen molar-refractivity contribution in [3.8, 4) is 0 Å². The normalized spacial score (nSPS) is 10.2. The Balaban J connectivity index is 2.54. The zero-order chi connectivity index (χ0) is 15.8. The average Bonchev–Trinajstić information content (AvgIpc) is 2.56. The molecule has 2 aromatic carbocycles. The van der Waals surface area contributed by atoms with Crippen molar-refractivity contribution in [2.24, 2.45) is 0 Å². The fourth-order valence-electron chi connectivity index (χ4n) is 2.20. The molecule has 2 aromatic rings. The number of benzene rings is 2. The van der Waals surface area contributed by atoms with Crippen LogP contribution < -0.4 is 0 Å². The Morgan fingerprint density at radius 1 is 0.955 bits per heavy atom. The SMILES string of the molecule is CCCCSC(C(=O)O)=C(c1ccccc1)c1ccccc1. The van der Waals surface area contributed by atoms with E-state index in [4.69, 9.17) is 0 Å². The summed E-state index contributed by atoms with van der Waals surface area (Å²) in [4.78, 5) is 12.2. The van der Waals surface area contributed by atoms with Gasteiger partial charge in [0, 0.05) is 5.57 Å². The molecule has 0 amide bonds. The fraction of sp³-hybridized carbons (Fsp3) is 0.211. The van der Waals surface area contributed by atoms with Gasteiger partial charge in [-0.05, 0) is 23.3 Å². The molecule has 0 aromatic heterocycles. The van der Waals surface area contributed by atoms with E-state index < -0.39 is 5.97 Å². The maximum atomic E-state index is 11.8. The molecule has 0 radical (unpaired) electrons. The first-order valence-electron chi connectivity index (χ1n) is 7.45.